The summed E-state index contributed by atoms with van der Waals surface area (Å²) in [5.74, 6) is -0.509. The Kier molecular flexibility index (Phi) is 9.49. The van der Waals surface area contributed by atoms with Gasteiger partial charge in [-0.15, -0.1) is 0 Å². The van der Waals surface area contributed by atoms with Crippen molar-refractivity contribution in [3.05, 3.63) is 45.1 Å². The molecular formula is C25H35Cl2N5O4. The number of carbonyl (C=O) groups is 3. The fourth-order valence-corrected chi connectivity index (χ4v) is 5.16. The van der Waals surface area contributed by atoms with Gasteiger partial charge >= 0.3 is 18.0 Å². The van der Waals surface area contributed by atoms with Crippen molar-refractivity contribution in [3.63, 3.8) is 0 Å². The number of hydrogen-bond acceptors (Lipinski definition) is 5. The molecule has 0 saturated carbocycles. The predicted molar refractivity (Wildman–Crippen MR) is 140 cm³/mol. The van der Waals surface area contributed by atoms with Gasteiger partial charge in [-0.2, -0.15) is 0 Å². The minimum Gasteiger partial charge on any atom is -0.463 e. The molecule has 2 N–H and O–H groups in total. The van der Waals surface area contributed by atoms with Gasteiger partial charge in [0.25, 0.3) is 0 Å². The van der Waals surface area contributed by atoms with Crippen LogP contribution in [0.15, 0.2) is 29.5 Å². The number of urea groups is 2. The van der Waals surface area contributed by atoms with Crippen LogP contribution >= 0.6 is 23.2 Å². The number of nitrogens with zero attached hydrogens (tertiary/aromatic N) is 3. The van der Waals surface area contributed by atoms with Crippen molar-refractivity contribution >= 4 is 41.2 Å². The lowest BCUT2D eigenvalue weighted by Crippen LogP contribution is -2.58. The minimum absolute atomic E-state index is 0.0434. The zero-order valence-corrected chi connectivity index (χ0v) is 22.9. The van der Waals surface area contributed by atoms with Crippen molar-refractivity contribution in [1.82, 2.24) is 25.3 Å². The van der Waals surface area contributed by atoms with E-state index in [4.69, 9.17) is 27.9 Å². The summed E-state index contributed by atoms with van der Waals surface area (Å²) in [7, 11) is 0. The number of hydrogen-bond donors (Lipinski definition) is 2. The molecule has 1 fully saturated rings. The SMILES string of the molecule is CCOC(=O)C1=C(CN2CCN(C(=O)NC(C)C)[C@H](C)C2)N(CC)C(=O)N[C@@H]1c1ccc(Cl)cc1Cl. The second-order valence-corrected chi connectivity index (χ2v) is 10.1. The minimum atomic E-state index is -0.783. The molecule has 2 aliphatic heterocycles. The van der Waals surface area contributed by atoms with E-state index in [1.54, 1.807) is 30.0 Å². The fourth-order valence-electron chi connectivity index (χ4n) is 4.65. The van der Waals surface area contributed by atoms with E-state index in [1.165, 1.54) is 0 Å². The van der Waals surface area contributed by atoms with Crippen LogP contribution in [-0.2, 0) is 9.53 Å². The molecule has 3 rings (SSSR count). The molecule has 9 nitrogen and oxygen atoms in total. The molecule has 198 valence electrons. The van der Waals surface area contributed by atoms with Gasteiger partial charge < -0.3 is 20.3 Å². The molecule has 1 saturated heterocycles. The molecule has 1 aromatic rings. The fraction of sp³-hybridized carbons (Fsp3) is 0.560. The van der Waals surface area contributed by atoms with E-state index in [0.29, 0.717) is 59.6 Å². The first kappa shape index (κ1) is 28.1. The van der Waals surface area contributed by atoms with Gasteiger partial charge in [-0.25, -0.2) is 14.4 Å². The largest absolute Gasteiger partial charge is 0.463 e. The van der Waals surface area contributed by atoms with Crippen molar-refractivity contribution in [2.45, 2.75) is 52.7 Å². The molecular weight excluding hydrogens is 505 g/mol. The van der Waals surface area contributed by atoms with Crippen LogP contribution in [0.25, 0.3) is 0 Å². The first-order valence-corrected chi connectivity index (χ1v) is 13.1. The summed E-state index contributed by atoms with van der Waals surface area (Å²) in [5.41, 5.74) is 1.48. The van der Waals surface area contributed by atoms with E-state index in [0.717, 1.165) is 0 Å². The maximum atomic E-state index is 13.3. The molecule has 1 aromatic carbocycles. The van der Waals surface area contributed by atoms with Crippen LogP contribution in [0, 0.1) is 0 Å². The van der Waals surface area contributed by atoms with Gasteiger partial charge in [-0.3, -0.25) is 9.80 Å². The summed E-state index contributed by atoms with van der Waals surface area (Å²) >= 11 is 12.6. The van der Waals surface area contributed by atoms with Crippen molar-refractivity contribution in [2.24, 2.45) is 0 Å². The molecule has 0 aliphatic carbocycles. The maximum absolute atomic E-state index is 13.3. The van der Waals surface area contributed by atoms with E-state index in [1.807, 2.05) is 32.6 Å². The third-order valence-corrected chi connectivity index (χ3v) is 6.84. The Bertz CT molecular complexity index is 1030. The van der Waals surface area contributed by atoms with Crippen molar-refractivity contribution in [2.75, 3.05) is 39.3 Å². The van der Waals surface area contributed by atoms with Gasteiger partial charge in [0.05, 0.1) is 18.2 Å². The molecule has 4 amide bonds. The highest BCUT2D eigenvalue weighted by atomic mass is 35.5. The molecule has 0 aromatic heterocycles. The number of esters is 1. The summed E-state index contributed by atoms with van der Waals surface area (Å²) in [4.78, 5) is 44.5. The molecule has 36 heavy (non-hydrogen) atoms. The van der Waals surface area contributed by atoms with Crippen LogP contribution in [-0.4, -0.2) is 84.1 Å². The van der Waals surface area contributed by atoms with Gasteiger partial charge in [0, 0.05) is 60.5 Å². The Morgan fingerprint density at radius 2 is 1.94 bits per heavy atom. The molecule has 2 aliphatic rings. The molecule has 2 atom stereocenters. The summed E-state index contributed by atoms with van der Waals surface area (Å²) in [6.45, 7) is 12.1. The smallest absolute Gasteiger partial charge is 0.338 e. The summed E-state index contributed by atoms with van der Waals surface area (Å²) in [6.07, 6.45) is 0. The average molecular weight is 540 g/mol. The van der Waals surface area contributed by atoms with Crippen molar-refractivity contribution in [3.8, 4) is 0 Å². The van der Waals surface area contributed by atoms with Gasteiger partial charge in [0.2, 0.25) is 0 Å². The highest BCUT2D eigenvalue weighted by molar-refractivity contribution is 6.35. The Hall–Kier alpha value is -2.49. The van der Waals surface area contributed by atoms with Gasteiger partial charge in [-0.05, 0) is 52.3 Å². The lowest BCUT2D eigenvalue weighted by atomic mass is 9.94. The van der Waals surface area contributed by atoms with E-state index in [9.17, 15) is 14.4 Å². The lowest BCUT2D eigenvalue weighted by molar-refractivity contribution is -0.139. The van der Waals surface area contributed by atoms with E-state index in [2.05, 4.69) is 15.5 Å². The maximum Gasteiger partial charge on any atom is 0.338 e. The van der Waals surface area contributed by atoms with Gasteiger partial charge in [-0.1, -0.05) is 29.3 Å². The number of piperazine rings is 1. The van der Waals surface area contributed by atoms with Crippen LogP contribution in [0.1, 0.15) is 46.2 Å². The zero-order chi connectivity index (χ0) is 26.6. The van der Waals surface area contributed by atoms with E-state index < -0.39 is 12.0 Å². The molecule has 0 bridgehead atoms. The molecule has 0 unspecified atom stereocenters. The summed E-state index contributed by atoms with van der Waals surface area (Å²) < 4.78 is 5.43. The average Bonchev–Trinajstić information content (AvgIpc) is 2.78. The number of rotatable bonds is 7. The first-order chi connectivity index (χ1) is 17.1. The van der Waals surface area contributed by atoms with Crippen LogP contribution in [0.3, 0.4) is 0 Å². The first-order valence-electron chi connectivity index (χ1n) is 12.3. The van der Waals surface area contributed by atoms with Crippen LogP contribution in [0.4, 0.5) is 9.59 Å². The standard InChI is InChI=1S/C25H35Cl2N5O4/c1-6-31-20(14-30-10-11-32(16(5)13-30)24(34)28-15(3)4)21(23(33)36-7-2)22(29-25(31)35)18-9-8-17(26)12-19(18)27/h8-9,12,15-16,22H,6-7,10-11,13-14H2,1-5H3,(H,28,34)(H,29,35)/t16-,22-/m1/s1. The second kappa shape index (κ2) is 12.2. The Balaban J connectivity index is 1.97. The number of amides is 4. The lowest BCUT2D eigenvalue weighted by Gasteiger charge is -2.43. The monoisotopic (exact) mass is 539 g/mol. The Morgan fingerprint density at radius 3 is 2.53 bits per heavy atom. The molecule has 0 radical (unpaired) electrons. The number of halogens is 2. The molecule has 0 spiro atoms. The summed E-state index contributed by atoms with van der Waals surface area (Å²) in [5, 5.41) is 6.67. The Labute approximate surface area is 222 Å². The number of benzene rings is 1. The van der Waals surface area contributed by atoms with E-state index >= 15 is 0 Å². The molecule has 2 heterocycles. The Morgan fingerprint density at radius 1 is 1.22 bits per heavy atom. The van der Waals surface area contributed by atoms with Gasteiger partial charge in [0.1, 0.15) is 0 Å². The predicted octanol–water partition coefficient (Wildman–Crippen LogP) is 4.02. The van der Waals surface area contributed by atoms with Crippen LogP contribution in [0.5, 0.6) is 0 Å². The number of likely N-dealkylation sites (N-methyl/N-ethyl adjacent to an activating group) is 1. The van der Waals surface area contributed by atoms with E-state index in [-0.39, 0.29) is 30.8 Å². The number of ether oxygens (including phenoxy) is 1. The van der Waals surface area contributed by atoms with Crippen molar-refractivity contribution in [1.29, 1.82) is 0 Å². The highest BCUT2D eigenvalue weighted by Gasteiger charge is 2.40. The van der Waals surface area contributed by atoms with Crippen LogP contribution < -0.4 is 10.6 Å². The van der Waals surface area contributed by atoms with Crippen LogP contribution in [0.2, 0.25) is 10.0 Å². The third-order valence-electron chi connectivity index (χ3n) is 6.28. The normalized spacial score (nSPS) is 21.1. The quantitative estimate of drug-likeness (QED) is 0.510. The third kappa shape index (κ3) is 6.25. The molecule has 11 heteroatoms. The number of nitrogens with one attached hydrogen (secondary N) is 2. The highest BCUT2D eigenvalue weighted by Crippen LogP contribution is 2.36. The zero-order valence-electron chi connectivity index (χ0n) is 21.4. The topological polar surface area (TPSA) is 94.2 Å². The second-order valence-electron chi connectivity index (χ2n) is 9.26. The summed E-state index contributed by atoms with van der Waals surface area (Å²) in [6, 6.07) is 3.79. The number of carbonyl (C=O) groups excluding carboxylic acids is 3. The van der Waals surface area contributed by atoms with Gasteiger partial charge in [0.15, 0.2) is 0 Å². The van der Waals surface area contributed by atoms with Crippen molar-refractivity contribution < 1.29 is 19.1 Å².